The Labute approximate surface area is 255 Å². The third-order valence-electron chi connectivity index (χ3n) is 9.46. The lowest BCUT2D eigenvalue weighted by Gasteiger charge is -2.50. The van der Waals surface area contributed by atoms with Crippen LogP contribution in [0.5, 0.6) is 11.5 Å². The maximum Gasteiger partial charge on any atom is 0.255 e. The number of ketones is 2. The van der Waals surface area contributed by atoms with Crippen molar-refractivity contribution >= 4 is 17.5 Å². The van der Waals surface area contributed by atoms with Gasteiger partial charge < -0.3 is 30.9 Å². The number of phenols is 1. The first-order valence-electron chi connectivity index (χ1n) is 14.7. The molecule has 44 heavy (non-hydrogen) atoms. The molecule has 0 radical (unpaired) electrons. The number of methoxy groups -OCH3 is 1. The van der Waals surface area contributed by atoms with Crippen molar-refractivity contribution in [1.82, 2.24) is 9.80 Å². The van der Waals surface area contributed by atoms with Crippen LogP contribution in [0.25, 0.3) is 11.1 Å². The van der Waals surface area contributed by atoms with Crippen LogP contribution in [0.4, 0.5) is 0 Å². The molecule has 0 aliphatic heterocycles. The van der Waals surface area contributed by atoms with E-state index in [0.717, 1.165) is 24.2 Å². The number of aromatic hydroxyl groups is 1. The minimum atomic E-state index is -2.68. The summed E-state index contributed by atoms with van der Waals surface area (Å²) in [6.07, 6.45) is 0.196. The fourth-order valence-corrected chi connectivity index (χ4v) is 7.27. The molecule has 11 nitrogen and oxygen atoms in total. The molecule has 0 saturated carbocycles. The van der Waals surface area contributed by atoms with Gasteiger partial charge in [-0.2, -0.15) is 0 Å². The third-order valence-corrected chi connectivity index (χ3v) is 9.46. The van der Waals surface area contributed by atoms with Crippen LogP contribution in [0.15, 0.2) is 53.0 Å². The number of aliphatic hydroxyl groups excluding tert-OH is 2. The van der Waals surface area contributed by atoms with Crippen molar-refractivity contribution in [3.8, 4) is 22.6 Å². The first-order valence-corrected chi connectivity index (χ1v) is 14.7. The van der Waals surface area contributed by atoms with E-state index in [1.165, 1.54) is 11.0 Å². The van der Waals surface area contributed by atoms with Crippen LogP contribution in [-0.4, -0.2) is 93.6 Å². The minimum absolute atomic E-state index is 0.0139. The van der Waals surface area contributed by atoms with E-state index in [-0.39, 0.29) is 29.7 Å². The zero-order valence-electron chi connectivity index (χ0n) is 25.5. The summed E-state index contributed by atoms with van der Waals surface area (Å²) < 4.78 is 5.70. The second-order valence-corrected chi connectivity index (χ2v) is 11.9. The van der Waals surface area contributed by atoms with Gasteiger partial charge in [-0.15, -0.1) is 0 Å². The second kappa shape index (κ2) is 11.4. The molecule has 11 heteroatoms. The molecular weight excluding hydrogens is 566 g/mol. The van der Waals surface area contributed by atoms with Gasteiger partial charge in [-0.1, -0.05) is 26.0 Å². The summed E-state index contributed by atoms with van der Waals surface area (Å²) in [5.74, 6) is -6.24. The standard InChI is InChI=1S/C33H39N3O8/c1-6-36(7-2)15-16-8-11-23(44-5)19(12-16)18-9-10-22(37)25-20(18)13-17-14-21-27(35(3)4)29(39)26(32(34)42)31(41)33(21,43)30(40)24(17)28(25)38/h8-12,17,21,27,37,39-40,43H,6-7,13-15H2,1-5H3,(H2,34,42)/t17-,21-,27-,33-/m0/s1. The van der Waals surface area contributed by atoms with E-state index in [2.05, 4.69) is 18.7 Å². The van der Waals surface area contributed by atoms with Gasteiger partial charge >= 0.3 is 0 Å². The monoisotopic (exact) mass is 605 g/mol. The number of rotatable bonds is 8. The lowest BCUT2D eigenvalue weighted by molar-refractivity contribution is -0.148. The molecule has 3 aliphatic rings. The summed E-state index contributed by atoms with van der Waals surface area (Å²) in [5.41, 5.74) is 4.65. The van der Waals surface area contributed by atoms with E-state index in [4.69, 9.17) is 10.5 Å². The molecule has 1 amide bonds. The smallest absolute Gasteiger partial charge is 0.255 e. The molecule has 0 fully saturated rings. The Morgan fingerprint density at radius 3 is 2.34 bits per heavy atom. The molecule has 0 spiro atoms. The van der Waals surface area contributed by atoms with Gasteiger partial charge in [0, 0.05) is 23.6 Å². The molecule has 0 bridgehead atoms. The summed E-state index contributed by atoms with van der Waals surface area (Å²) in [6.45, 7) is 6.63. The molecule has 2 aromatic carbocycles. The van der Waals surface area contributed by atoms with E-state index in [0.29, 0.717) is 23.4 Å². The number of hydrogen-bond acceptors (Lipinski definition) is 10. The number of hydrogen-bond donors (Lipinski definition) is 5. The van der Waals surface area contributed by atoms with Crippen molar-refractivity contribution < 1.29 is 39.5 Å². The highest BCUT2D eigenvalue weighted by molar-refractivity contribution is 6.25. The number of primary amides is 1. The Kier molecular flexibility index (Phi) is 8.08. The Morgan fingerprint density at radius 1 is 1.07 bits per heavy atom. The number of fused-ring (bicyclic) bond motifs is 3. The summed E-state index contributed by atoms with van der Waals surface area (Å²) in [7, 11) is 4.76. The summed E-state index contributed by atoms with van der Waals surface area (Å²) in [6, 6.07) is 7.95. The number of ether oxygens (including phenoxy) is 1. The first-order chi connectivity index (χ1) is 20.8. The van der Waals surface area contributed by atoms with Crippen LogP contribution in [0.1, 0.15) is 41.8 Å². The first kappa shape index (κ1) is 31.2. The zero-order chi connectivity index (χ0) is 32.2. The van der Waals surface area contributed by atoms with Crippen molar-refractivity contribution in [3.63, 3.8) is 0 Å². The minimum Gasteiger partial charge on any atom is -0.510 e. The highest BCUT2D eigenvalue weighted by Gasteiger charge is 2.63. The van der Waals surface area contributed by atoms with Gasteiger partial charge in [0.05, 0.1) is 18.7 Å². The van der Waals surface area contributed by atoms with Crippen molar-refractivity contribution in [3.05, 3.63) is 69.7 Å². The van der Waals surface area contributed by atoms with Gasteiger partial charge in [-0.25, -0.2) is 0 Å². The molecule has 6 N–H and O–H groups in total. The van der Waals surface area contributed by atoms with Crippen molar-refractivity contribution in [1.29, 1.82) is 0 Å². The average Bonchev–Trinajstić information content (AvgIpc) is 2.97. The predicted octanol–water partition coefficient (Wildman–Crippen LogP) is 2.64. The van der Waals surface area contributed by atoms with Crippen LogP contribution in [-0.2, 0) is 22.6 Å². The number of phenolic OH excluding ortho intramolecular Hbond substituents is 1. The number of carbonyl (C=O) groups excluding carboxylic acids is 3. The van der Waals surface area contributed by atoms with Gasteiger partial charge in [0.25, 0.3) is 5.91 Å². The highest BCUT2D eigenvalue weighted by atomic mass is 16.5. The number of nitrogens with zero attached hydrogens (tertiary/aromatic N) is 2. The van der Waals surface area contributed by atoms with E-state index < -0.39 is 58.0 Å². The number of nitrogens with two attached hydrogens (primary N) is 1. The van der Waals surface area contributed by atoms with E-state index in [1.54, 1.807) is 27.3 Å². The topological polar surface area (TPSA) is 174 Å². The lowest BCUT2D eigenvalue weighted by atomic mass is 9.58. The second-order valence-electron chi connectivity index (χ2n) is 11.9. The molecule has 3 aliphatic carbocycles. The predicted molar refractivity (Wildman–Crippen MR) is 162 cm³/mol. The van der Waals surface area contributed by atoms with Crippen LogP contribution >= 0.6 is 0 Å². The van der Waals surface area contributed by atoms with Crippen molar-refractivity contribution in [2.24, 2.45) is 17.6 Å². The van der Waals surface area contributed by atoms with E-state index in [1.807, 2.05) is 18.2 Å². The van der Waals surface area contributed by atoms with Gasteiger partial charge in [0.15, 0.2) is 11.4 Å². The van der Waals surface area contributed by atoms with Gasteiger partial charge in [0.1, 0.15) is 28.6 Å². The molecule has 4 atom stereocenters. The number of aliphatic hydroxyl groups is 3. The normalized spacial score (nSPS) is 24.9. The van der Waals surface area contributed by atoms with Crippen molar-refractivity contribution in [2.45, 2.75) is 44.9 Å². The maximum atomic E-state index is 14.1. The fraction of sp³-hybridized carbons (Fsp3) is 0.424. The maximum absolute atomic E-state index is 14.1. The summed E-state index contributed by atoms with van der Waals surface area (Å²) in [5, 5.41) is 45.3. The Balaban J connectivity index is 1.69. The van der Waals surface area contributed by atoms with Gasteiger partial charge in [0.2, 0.25) is 5.78 Å². The van der Waals surface area contributed by atoms with E-state index in [9.17, 15) is 34.8 Å². The van der Waals surface area contributed by atoms with Crippen LogP contribution < -0.4 is 10.5 Å². The van der Waals surface area contributed by atoms with Crippen LogP contribution in [0, 0.1) is 11.8 Å². The Morgan fingerprint density at radius 2 is 1.75 bits per heavy atom. The van der Waals surface area contributed by atoms with Crippen LogP contribution in [0.2, 0.25) is 0 Å². The highest BCUT2D eigenvalue weighted by Crippen LogP contribution is 2.53. The van der Waals surface area contributed by atoms with Gasteiger partial charge in [-0.05, 0) is 80.8 Å². The molecule has 2 aromatic rings. The van der Waals surface area contributed by atoms with Crippen LogP contribution in [0.3, 0.4) is 0 Å². The number of allylic oxidation sites excluding steroid dienone is 1. The molecule has 234 valence electrons. The summed E-state index contributed by atoms with van der Waals surface area (Å²) >= 11 is 0. The largest absolute Gasteiger partial charge is 0.510 e. The fourth-order valence-electron chi connectivity index (χ4n) is 7.27. The molecule has 5 rings (SSSR count). The molecule has 0 aromatic heterocycles. The molecule has 0 heterocycles. The molecule has 0 saturated heterocycles. The molecule has 0 unspecified atom stereocenters. The SMILES string of the molecule is CCN(CC)Cc1ccc(OC)c(-c2ccc(O)c3c2C[C@H]2C[C@H]4[C@H](N(C)C)C(O)=C(C(N)=O)C(=O)[C@@]4(O)C(O)=C2C3=O)c1. The number of benzene rings is 2. The van der Waals surface area contributed by atoms with Crippen molar-refractivity contribution in [2.75, 3.05) is 34.3 Å². The number of amides is 1. The number of Topliss-reactive ketones (excluding diaryl/α,β-unsaturated/α-hetero) is 2. The Bertz CT molecular complexity index is 1620. The average molecular weight is 606 g/mol. The number of carbonyl (C=O) groups is 3. The summed E-state index contributed by atoms with van der Waals surface area (Å²) in [4.78, 5) is 43.6. The van der Waals surface area contributed by atoms with Gasteiger partial charge in [-0.3, -0.25) is 24.2 Å². The van der Waals surface area contributed by atoms with E-state index >= 15 is 0 Å². The quantitative estimate of drug-likeness (QED) is 0.282. The Hall–Kier alpha value is -4.19. The molecular formula is C33H39N3O8. The lowest BCUT2D eigenvalue weighted by Crippen LogP contribution is -2.63. The number of likely N-dealkylation sites (N-methyl/N-ethyl adjacent to an activating group) is 1. The third kappa shape index (κ3) is 4.58. The zero-order valence-corrected chi connectivity index (χ0v) is 25.5.